The molecule has 3 heteroatoms. The molecular formula is C24H38O3. The Morgan fingerprint density at radius 2 is 1.74 bits per heavy atom. The second-order valence-corrected chi connectivity index (χ2v) is 11.0. The first-order valence-electron chi connectivity index (χ1n) is 11.5. The van der Waals surface area contributed by atoms with Gasteiger partial charge in [-0.3, -0.25) is 0 Å². The van der Waals surface area contributed by atoms with Gasteiger partial charge in [-0.25, -0.2) is 0 Å². The Kier molecular flexibility index (Phi) is 4.35. The van der Waals surface area contributed by atoms with Crippen molar-refractivity contribution < 1.29 is 14.6 Å². The fraction of sp³-hybridized carbons (Fsp3) is 0.917. The quantitative estimate of drug-likeness (QED) is 0.696. The summed E-state index contributed by atoms with van der Waals surface area (Å²) in [5.74, 6) is 3.40. The maximum absolute atomic E-state index is 10.8. The molecule has 1 aliphatic heterocycles. The average Bonchev–Trinajstić information content (AvgIpc) is 3.22. The normalized spacial score (nSPS) is 53.6. The molecule has 0 bridgehead atoms. The third-order valence-electron chi connectivity index (χ3n) is 10.1. The zero-order valence-electron chi connectivity index (χ0n) is 17.3. The summed E-state index contributed by atoms with van der Waals surface area (Å²) < 4.78 is 12.3. The zero-order chi connectivity index (χ0) is 18.9. The van der Waals surface area contributed by atoms with Crippen LogP contribution in [-0.2, 0) is 9.47 Å². The highest BCUT2D eigenvalue weighted by molar-refractivity contribution is 5.12. The van der Waals surface area contributed by atoms with E-state index in [0.29, 0.717) is 17.3 Å². The van der Waals surface area contributed by atoms with E-state index in [4.69, 9.17) is 9.47 Å². The number of ether oxygens (including phenoxy) is 2. The molecule has 7 unspecified atom stereocenters. The lowest BCUT2D eigenvalue weighted by Crippen LogP contribution is -2.58. The number of fused-ring (bicyclic) bond motifs is 5. The van der Waals surface area contributed by atoms with Gasteiger partial charge in [0, 0.05) is 12.8 Å². The average molecular weight is 375 g/mol. The molecule has 152 valence electrons. The number of allylic oxidation sites excluding steroid dienone is 1. The number of aliphatic hydroxyl groups excluding tert-OH is 1. The smallest absolute Gasteiger partial charge is 0.168 e. The Hall–Kier alpha value is -0.380. The van der Waals surface area contributed by atoms with Gasteiger partial charge in [0.25, 0.3) is 0 Å². The van der Waals surface area contributed by atoms with Gasteiger partial charge in [0.05, 0.1) is 19.3 Å². The standard InChI is InChI=1S/C24H38O3/c1-4-5-16-14-17-15-24(26-12-13-27-24)11-10-22(17,2)19-8-9-23(3)18(21(16)19)6-7-20(23)25/h4,16-21,25H,1,5-15H2,2-3H3/t16-,17?,18?,19?,20?,21?,22?,23?/m1/s1. The molecular weight excluding hydrogens is 336 g/mol. The molecule has 4 aliphatic carbocycles. The van der Waals surface area contributed by atoms with Crippen LogP contribution < -0.4 is 0 Å². The molecule has 5 aliphatic rings. The van der Waals surface area contributed by atoms with Gasteiger partial charge in [0.2, 0.25) is 0 Å². The van der Waals surface area contributed by atoms with Crippen molar-refractivity contribution in [3.8, 4) is 0 Å². The van der Waals surface area contributed by atoms with Crippen LogP contribution in [0.25, 0.3) is 0 Å². The summed E-state index contributed by atoms with van der Waals surface area (Å²) in [7, 11) is 0. The van der Waals surface area contributed by atoms with E-state index < -0.39 is 0 Å². The maximum atomic E-state index is 10.8. The Balaban J connectivity index is 1.48. The van der Waals surface area contributed by atoms with E-state index >= 15 is 0 Å². The first-order chi connectivity index (χ1) is 12.9. The van der Waals surface area contributed by atoms with Crippen LogP contribution in [0.3, 0.4) is 0 Å². The molecule has 0 aromatic heterocycles. The lowest BCUT2D eigenvalue weighted by molar-refractivity contribution is -0.237. The fourth-order valence-electron chi connectivity index (χ4n) is 8.56. The first kappa shape index (κ1) is 18.6. The second kappa shape index (κ2) is 6.31. The van der Waals surface area contributed by atoms with Crippen molar-refractivity contribution in [2.45, 2.75) is 83.5 Å². The van der Waals surface area contributed by atoms with Gasteiger partial charge in [0.1, 0.15) is 0 Å². The van der Waals surface area contributed by atoms with Crippen molar-refractivity contribution in [3.63, 3.8) is 0 Å². The van der Waals surface area contributed by atoms with E-state index in [2.05, 4.69) is 26.5 Å². The lowest BCUT2D eigenvalue weighted by atomic mass is 9.42. The summed E-state index contributed by atoms with van der Waals surface area (Å²) in [6.07, 6.45) is 12.6. The first-order valence-corrected chi connectivity index (χ1v) is 11.5. The van der Waals surface area contributed by atoms with E-state index in [1.165, 1.54) is 32.1 Å². The van der Waals surface area contributed by atoms with Gasteiger partial charge in [-0.1, -0.05) is 19.9 Å². The van der Waals surface area contributed by atoms with Crippen LogP contribution in [0.2, 0.25) is 0 Å². The molecule has 3 nitrogen and oxygen atoms in total. The van der Waals surface area contributed by atoms with Crippen molar-refractivity contribution in [1.82, 2.24) is 0 Å². The molecule has 5 rings (SSSR count). The monoisotopic (exact) mass is 374 g/mol. The Morgan fingerprint density at radius 1 is 1.00 bits per heavy atom. The molecule has 5 fully saturated rings. The summed E-state index contributed by atoms with van der Waals surface area (Å²) in [6.45, 7) is 10.6. The molecule has 27 heavy (non-hydrogen) atoms. The Labute approximate surface area is 164 Å². The van der Waals surface area contributed by atoms with Crippen LogP contribution >= 0.6 is 0 Å². The van der Waals surface area contributed by atoms with Crippen molar-refractivity contribution in [3.05, 3.63) is 12.7 Å². The molecule has 1 heterocycles. The van der Waals surface area contributed by atoms with Crippen LogP contribution in [0.1, 0.15) is 71.6 Å². The summed E-state index contributed by atoms with van der Waals surface area (Å²) in [5.41, 5.74) is 0.565. The van der Waals surface area contributed by atoms with Gasteiger partial charge in [-0.15, -0.1) is 6.58 Å². The van der Waals surface area contributed by atoms with Crippen LogP contribution in [0.4, 0.5) is 0 Å². The largest absolute Gasteiger partial charge is 0.393 e. The predicted molar refractivity (Wildman–Crippen MR) is 106 cm³/mol. The van der Waals surface area contributed by atoms with Crippen molar-refractivity contribution in [2.24, 2.45) is 40.4 Å². The van der Waals surface area contributed by atoms with Gasteiger partial charge in [-0.05, 0) is 85.4 Å². The molecule has 4 saturated carbocycles. The summed E-state index contributed by atoms with van der Waals surface area (Å²) >= 11 is 0. The molecule has 0 amide bonds. The third kappa shape index (κ3) is 2.57. The highest BCUT2D eigenvalue weighted by Gasteiger charge is 2.63. The molecule has 0 radical (unpaired) electrons. The lowest BCUT2D eigenvalue weighted by Gasteiger charge is -2.63. The van der Waals surface area contributed by atoms with Crippen LogP contribution in [0, 0.1) is 40.4 Å². The number of rotatable bonds is 2. The number of aliphatic hydroxyl groups is 1. The van der Waals surface area contributed by atoms with Gasteiger partial charge < -0.3 is 14.6 Å². The molecule has 1 saturated heterocycles. The summed E-state index contributed by atoms with van der Waals surface area (Å²) in [5, 5.41) is 10.8. The minimum absolute atomic E-state index is 0.0896. The highest BCUT2D eigenvalue weighted by Crippen LogP contribution is 2.69. The minimum Gasteiger partial charge on any atom is -0.393 e. The number of hydrogen-bond donors (Lipinski definition) is 1. The second-order valence-electron chi connectivity index (χ2n) is 11.0. The van der Waals surface area contributed by atoms with E-state index in [1.807, 2.05) is 0 Å². The SMILES string of the molecule is C=CC[C@@H]1CC2CC3(CCC2(C)C2CCC4(C)C(O)CCC4C21)OCCO3. The zero-order valence-corrected chi connectivity index (χ0v) is 17.3. The van der Waals surface area contributed by atoms with Crippen molar-refractivity contribution in [2.75, 3.05) is 13.2 Å². The third-order valence-corrected chi connectivity index (χ3v) is 10.1. The van der Waals surface area contributed by atoms with Gasteiger partial charge in [-0.2, -0.15) is 0 Å². The van der Waals surface area contributed by atoms with E-state index in [1.54, 1.807) is 0 Å². The van der Waals surface area contributed by atoms with Crippen molar-refractivity contribution in [1.29, 1.82) is 0 Å². The predicted octanol–water partition coefficient (Wildman–Crippen LogP) is 4.94. The van der Waals surface area contributed by atoms with Crippen LogP contribution in [-0.4, -0.2) is 30.2 Å². The molecule has 0 aromatic rings. The van der Waals surface area contributed by atoms with Crippen LogP contribution in [0.5, 0.6) is 0 Å². The van der Waals surface area contributed by atoms with E-state index in [9.17, 15) is 5.11 Å². The highest BCUT2D eigenvalue weighted by atomic mass is 16.7. The molecule has 1 spiro atoms. The molecule has 8 atom stereocenters. The van der Waals surface area contributed by atoms with Crippen LogP contribution in [0.15, 0.2) is 12.7 Å². The molecule has 1 N–H and O–H groups in total. The van der Waals surface area contributed by atoms with Gasteiger partial charge >= 0.3 is 0 Å². The number of hydrogen-bond acceptors (Lipinski definition) is 3. The van der Waals surface area contributed by atoms with Crippen molar-refractivity contribution >= 4 is 0 Å². The Bertz CT molecular complexity index is 596. The van der Waals surface area contributed by atoms with Gasteiger partial charge in [0.15, 0.2) is 5.79 Å². The summed E-state index contributed by atoms with van der Waals surface area (Å²) in [6, 6.07) is 0. The maximum Gasteiger partial charge on any atom is 0.168 e. The fourth-order valence-corrected chi connectivity index (χ4v) is 8.56. The Morgan fingerprint density at radius 3 is 2.48 bits per heavy atom. The molecule has 0 aromatic carbocycles. The topological polar surface area (TPSA) is 38.7 Å². The minimum atomic E-state index is -0.275. The summed E-state index contributed by atoms with van der Waals surface area (Å²) in [4.78, 5) is 0. The van der Waals surface area contributed by atoms with E-state index in [0.717, 1.165) is 56.7 Å². The van der Waals surface area contributed by atoms with E-state index in [-0.39, 0.29) is 17.3 Å².